The van der Waals surface area contributed by atoms with E-state index >= 15 is 0 Å². The third-order valence-corrected chi connectivity index (χ3v) is 14.3. The molecule has 4 aromatic heterocycles. The van der Waals surface area contributed by atoms with Crippen LogP contribution in [0.3, 0.4) is 0 Å². The van der Waals surface area contributed by atoms with Crippen LogP contribution < -0.4 is 10.9 Å². The number of benzene rings is 6. The third kappa shape index (κ3) is 2.55. The second-order valence-electron chi connectivity index (χ2n) is 14.4. The van der Waals surface area contributed by atoms with Gasteiger partial charge in [0, 0.05) is 53.1 Å². The number of nitrogens with zero attached hydrogens (tertiary/aromatic N) is 2. The summed E-state index contributed by atoms with van der Waals surface area (Å²) in [7, 11) is 0. The van der Waals surface area contributed by atoms with E-state index in [1.54, 1.807) is 0 Å². The molecule has 3 aliphatic rings. The van der Waals surface area contributed by atoms with Gasteiger partial charge in [-0.05, 0) is 56.9 Å². The van der Waals surface area contributed by atoms with Gasteiger partial charge in [0.25, 0.3) is 0 Å². The minimum atomic E-state index is -0.115. The van der Waals surface area contributed by atoms with Crippen molar-refractivity contribution in [2.45, 2.75) is 19.3 Å². The summed E-state index contributed by atoms with van der Waals surface area (Å²) < 4.78 is 10.9. The molecule has 222 valence electrons. The molecule has 2 nitrogen and oxygen atoms in total. The maximum absolute atomic E-state index is 2.75. The molecule has 1 aliphatic carbocycles. The quantitative estimate of drug-likeness (QED) is 0.145. The van der Waals surface area contributed by atoms with E-state index in [1.165, 1.54) is 112 Å². The molecule has 0 N–H and O–H groups in total. The van der Waals surface area contributed by atoms with Gasteiger partial charge in [-0.15, -0.1) is 22.7 Å². The number of hydrogen-bond donors (Lipinski definition) is 0. The second-order valence-corrected chi connectivity index (χ2v) is 16.5. The highest BCUT2D eigenvalue weighted by Crippen LogP contribution is 2.56. The Balaban J connectivity index is 1.34. The SMILES string of the molecule is CC1(C)c2ccccc2-c2c1cc1c3c2-c2cccc4c5sc6ccccc6c5n(c24)B3c2cccc3c4sc5ccccc5c4n-1c23. The maximum Gasteiger partial charge on any atom is 0.333 e. The van der Waals surface area contributed by atoms with Gasteiger partial charge in [0.2, 0.25) is 0 Å². The molecule has 0 atom stereocenters. The predicted molar refractivity (Wildman–Crippen MR) is 208 cm³/mol. The Kier molecular flexibility index (Phi) is 4.14. The van der Waals surface area contributed by atoms with Gasteiger partial charge in [0.15, 0.2) is 0 Å². The van der Waals surface area contributed by atoms with E-state index in [9.17, 15) is 0 Å². The van der Waals surface area contributed by atoms with Crippen LogP contribution in [-0.4, -0.2) is 15.9 Å². The average molecular weight is 645 g/mol. The number of thiophene rings is 2. The fourth-order valence-electron chi connectivity index (χ4n) is 10.0. The van der Waals surface area contributed by atoms with Crippen molar-refractivity contribution in [2.75, 3.05) is 0 Å². The zero-order valence-corrected chi connectivity index (χ0v) is 27.9. The molecule has 0 fully saturated rings. The molecule has 10 aromatic rings. The summed E-state index contributed by atoms with van der Waals surface area (Å²) in [4.78, 5) is 0. The van der Waals surface area contributed by atoms with E-state index in [1.807, 2.05) is 22.7 Å². The highest BCUT2D eigenvalue weighted by molar-refractivity contribution is 7.27. The van der Waals surface area contributed by atoms with Crippen molar-refractivity contribution in [1.82, 2.24) is 9.05 Å². The lowest BCUT2D eigenvalue weighted by atomic mass is 9.45. The van der Waals surface area contributed by atoms with Crippen LogP contribution in [0.1, 0.15) is 25.0 Å². The summed E-state index contributed by atoms with van der Waals surface area (Å²) in [5.74, 6) is 0. The van der Waals surface area contributed by atoms with Gasteiger partial charge in [0.05, 0.1) is 25.9 Å². The Morgan fingerprint density at radius 1 is 0.542 bits per heavy atom. The molecule has 48 heavy (non-hydrogen) atoms. The first kappa shape index (κ1) is 25.0. The van der Waals surface area contributed by atoms with Crippen LogP contribution in [0.2, 0.25) is 0 Å². The van der Waals surface area contributed by atoms with Crippen LogP contribution in [0.4, 0.5) is 0 Å². The van der Waals surface area contributed by atoms with Crippen molar-refractivity contribution in [3.63, 3.8) is 0 Å². The van der Waals surface area contributed by atoms with E-state index in [4.69, 9.17) is 0 Å². The molecule has 0 saturated carbocycles. The lowest BCUT2D eigenvalue weighted by molar-refractivity contribution is 0.660. The second kappa shape index (κ2) is 7.95. The molecule has 0 saturated heterocycles. The van der Waals surface area contributed by atoms with E-state index in [-0.39, 0.29) is 12.3 Å². The van der Waals surface area contributed by atoms with Gasteiger partial charge in [0.1, 0.15) is 0 Å². The number of para-hydroxylation sites is 2. The molecule has 0 spiro atoms. The fourth-order valence-corrected chi connectivity index (χ4v) is 12.5. The van der Waals surface area contributed by atoms with Gasteiger partial charge < -0.3 is 9.05 Å². The number of rotatable bonds is 0. The summed E-state index contributed by atoms with van der Waals surface area (Å²) in [6, 6.07) is 44.0. The molecule has 6 heterocycles. The monoisotopic (exact) mass is 644 g/mol. The highest BCUT2D eigenvalue weighted by Gasteiger charge is 2.47. The molecule has 0 radical (unpaired) electrons. The molecule has 0 amide bonds. The molecule has 2 aliphatic heterocycles. The molecule has 13 rings (SSSR count). The Labute approximate surface area is 284 Å². The average Bonchev–Trinajstić information content (AvgIpc) is 3.89. The predicted octanol–water partition coefficient (Wildman–Crippen LogP) is 10.6. The largest absolute Gasteiger partial charge is 0.374 e. The van der Waals surface area contributed by atoms with Crippen molar-refractivity contribution in [3.8, 4) is 27.9 Å². The summed E-state index contributed by atoms with van der Waals surface area (Å²) >= 11 is 3.90. The Morgan fingerprint density at radius 2 is 1.17 bits per heavy atom. The van der Waals surface area contributed by atoms with Gasteiger partial charge in [-0.3, -0.25) is 0 Å². The maximum atomic E-state index is 2.75. The molecule has 0 unspecified atom stereocenters. The Hall–Kier alpha value is -5.10. The molecule has 6 aromatic carbocycles. The molecule has 0 bridgehead atoms. The zero-order valence-electron chi connectivity index (χ0n) is 26.3. The van der Waals surface area contributed by atoms with E-state index in [2.05, 4.69) is 138 Å². The number of fused-ring (bicyclic) bond motifs is 18. The minimum absolute atomic E-state index is 0.0653. The van der Waals surface area contributed by atoms with Crippen molar-refractivity contribution < 1.29 is 0 Å². The van der Waals surface area contributed by atoms with Crippen LogP contribution in [0.25, 0.3) is 90.4 Å². The summed E-state index contributed by atoms with van der Waals surface area (Å²) in [6.45, 7) is 4.93. The number of hydrogen-bond acceptors (Lipinski definition) is 2. The zero-order chi connectivity index (χ0) is 31.2. The highest BCUT2D eigenvalue weighted by atomic mass is 32.1. The molecular formula is C43H25BN2S2. The lowest BCUT2D eigenvalue weighted by Crippen LogP contribution is -2.55. The fraction of sp³-hybridized carbons (Fsp3) is 0.0698. The van der Waals surface area contributed by atoms with Crippen molar-refractivity contribution >= 4 is 103 Å². The van der Waals surface area contributed by atoms with Gasteiger partial charge in [-0.25, -0.2) is 0 Å². The topological polar surface area (TPSA) is 9.86 Å². The van der Waals surface area contributed by atoms with Crippen LogP contribution in [0, 0.1) is 0 Å². The van der Waals surface area contributed by atoms with Crippen LogP contribution in [0.15, 0.2) is 115 Å². The van der Waals surface area contributed by atoms with Crippen LogP contribution in [0.5, 0.6) is 0 Å². The van der Waals surface area contributed by atoms with Gasteiger partial charge in [-0.1, -0.05) is 111 Å². The van der Waals surface area contributed by atoms with Crippen molar-refractivity contribution in [1.29, 1.82) is 0 Å². The summed E-state index contributed by atoms with van der Waals surface area (Å²) in [6.07, 6.45) is 0. The van der Waals surface area contributed by atoms with Crippen LogP contribution >= 0.6 is 22.7 Å². The third-order valence-electron chi connectivity index (χ3n) is 11.9. The first-order valence-corrected chi connectivity index (χ1v) is 18.5. The Bertz CT molecular complexity index is 3160. The van der Waals surface area contributed by atoms with E-state index < -0.39 is 0 Å². The first-order valence-electron chi connectivity index (χ1n) is 16.8. The normalized spacial score (nSPS) is 15.0. The standard InChI is InChI=1S/C43H25BN2S2/c1-43(2)28-17-6-3-11-22(28)34-29(43)21-31-36-35(34)25-14-9-15-26-37(25)46(40-24-13-5-8-20-33(24)48-42(26)40)44(36)30-18-10-16-27-38(30)45(31)39-23-12-4-7-19-32(23)47-41(27)39/h3-21H,1-2H3. The molecule has 5 heteroatoms. The van der Waals surface area contributed by atoms with Crippen molar-refractivity contribution in [3.05, 3.63) is 126 Å². The lowest BCUT2D eigenvalue weighted by Gasteiger charge is -2.36. The number of aromatic nitrogens is 2. The summed E-state index contributed by atoms with van der Waals surface area (Å²) in [5.41, 5.74) is 18.1. The molecular weight excluding hydrogens is 619 g/mol. The van der Waals surface area contributed by atoms with E-state index in [0.29, 0.717) is 0 Å². The van der Waals surface area contributed by atoms with Gasteiger partial charge >= 0.3 is 6.85 Å². The Morgan fingerprint density at radius 3 is 1.98 bits per heavy atom. The van der Waals surface area contributed by atoms with Crippen LogP contribution in [-0.2, 0) is 5.41 Å². The first-order chi connectivity index (χ1) is 23.6. The van der Waals surface area contributed by atoms with Crippen molar-refractivity contribution in [2.24, 2.45) is 0 Å². The van der Waals surface area contributed by atoms with Gasteiger partial charge in [-0.2, -0.15) is 0 Å². The smallest absolute Gasteiger partial charge is 0.333 e. The van der Waals surface area contributed by atoms with E-state index in [0.717, 1.165) is 0 Å². The summed E-state index contributed by atoms with van der Waals surface area (Å²) in [5, 5.41) is 5.45. The minimum Gasteiger partial charge on any atom is -0.374 e.